The fourth-order valence-electron chi connectivity index (χ4n) is 2.46. The first-order chi connectivity index (χ1) is 11.0. The summed E-state index contributed by atoms with van der Waals surface area (Å²) in [4.78, 5) is 37.8. The highest BCUT2D eigenvalue weighted by Gasteiger charge is 2.34. The quantitative estimate of drug-likeness (QED) is 0.601. The molecule has 0 aliphatic carbocycles. The van der Waals surface area contributed by atoms with Crippen molar-refractivity contribution in [3.63, 3.8) is 0 Å². The molecule has 1 aliphatic rings. The van der Waals surface area contributed by atoms with Gasteiger partial charge in [0.25, 0.3) is 0 Å². The average molecular weight is 335 g/mol. The maximum atomic E-state index is 12.1. The zero-order chi connectivity index (χ0) is 16.8. The maximum Gasteiger partial charge on any atom is 0.227 e. The molecule has 1 heterocycles. The van der Waals surface area contributed by atoms with E-state index < -0.39 is 0 Å². The Kier molecular flexibility index (Phi) is 6.04. The predicted octanol–water partition coefficient (Wildman–Crippen LogP) is 1.01. The third-order valence-electron chi connectivity index (χ3n) is 3.68. The number of amides is 3. The van der Waals surface area contributed by atoms with Crippen molar-refractivity contribution in [3.8, 4) is 0 Å². The first-order valence-electron chi connectivity index (χ1n) is 7.48. The van der Waals surface area contributed by atoms with Gasteiger partial charge in [-0.15, -0.1) is 11.8 Å². The third-order valence-corrected chi connectivity index (χ3v) is 4.42. The Bertz CT molecular complexity index is 589. The average Bonchev–Trinajstić information content (AvgIpc) is 2.93. The molecule has 0 spiro atoms. The molecule has 6 nitrogen and oxygen atoms in total. The van der Waals surface area contributed by atoms with E-state index in [1.807, 2.05) is 30.5 Å². The van der Waals surface area contributed by atoms with Gasteiger partial charge in [-0.2, -0.15) is 0 Å². The summed E-state index contributed by atoms with van der Waals surface area (Å²) in [6.45, 7) is 2.58. The third kappa shape index (κ3) is 4.72. The van der Waals surface area contributed by atoms with Crippen molar-refractivity contribution in [2.45, 2.75) is 18.2 Å². The first kappa shape index (κ1) is 17.3. The number of hydrogen-bond acceptors (Lipinski definition) is 4. The molecule has 1 fully saturated rings. The standard InChI is InChI=1S/C16H21N3O3S/c1-11(20)17-7-8-18-16(22)12-9-15(21)19(10-12)13-3-5-14(23-2)6-4-13/h3-6,12H,7-10H2,1-2H3,(H,17,20)(H,18,22). The summed E-state index contributed by atoms with van der Waals surface area (Å²) in [5.74, 6) is -0.661. The van der Waals surface area contributed by atoms with E-state index in [0.29, 0.717) is 19.6 Å². The zero-order valence-electron chi connectivity index (χ0n) is 13.3. The Balaban J connectivity index is 1.88. The van der Waals surface area contributed by atoms with Gasteiger partial charge in [0.05, 0.1) is 5.92 Å². The van der Waals surface area contributed by atoms with E-state index in [4.69, 9.17) is 0 Å². The minimum atomic E-state index is -0.347. The number of nitrogens with one attached hydrogen (secondary N) is 2. The van der Waals surface area contributed by atoms with Crippen LogP contribution in [-0.2, 0) is 14.4 Å². The number of rotatable bonds is 6. The largest absolute Gasteiger partial charge is 0.355 e. The van der Waals surface area contributed by atoms with E-state index in [1.54, 1.807) is 16.7 Å². The molecular formula is C16H21N3O3S. The minimum absolute atomic E-state index is 0.0380. The van der Waals surface area contributed by atoms with Gasteiger partial charge in [0.15, 0.2) is 0 Å². The maximum absolute atomic E-state index is 12.1. The summed E-state index contributed by atoms with van der Waals surface area (Å²) < 4.78 is 0. The Hall–Kier alpha value is -2.02. The summed E-state index contributed by atoms with van der Waals surface area (Å²) in [5, 5.41) is 5.37. The van der Waals surface area contributed by atoms with Crippen LogP contribution in [0.3, 0.4) is 0 Å². The molecule has 1 saturated heterocycles. The molecule has 23 heavy (non-hydrogen) atoms. The Morgan fingerprint density at radius 1 is 1.22 bits per heavy atom. The zero-order valence-corrected chi connectivity index (χ0v) is 14.1. The highest BCUT2D eigenvalue weighted by Crippen LogP contribution is 2.27. The number of thioether (sulfide) groups is 1. The van der Waals surface area contributed by atoms with Crippen molar-refractivity contribution < 1.29 is 14.4 Å². The van der Waals surface area contributed by atoms with Crippen LogP contribution in [0.15, 0.2) is 29.2 Å². The van der Waals surface area contributed by atoms with E-state index in [2.05, 4.69) is 10.6 Å². The number of carbonyl (C=O) groups excluding carboxylic acids is 3. The SMILES string of the molecule is CSc1ccc(N2CC(C(=O)NCCNC(C)=O)CC2=O)cc1. The van der Waals surface area contributed by atoms with Crippen molar-refractivity contribution in [1.82, 2.24) is 10.6 Å². The fraction of sp³-hybridized carbons (Fsp3) is 0.438. The summed E-state index contributed by atoms with van der Waals surface area (Å²) in [6, 6.07) is 7.74. The summed E-state index contributed by atoms with van der Waals surface area (Å²) in [7, 11) is 0. The lowest BCUT2D eigenvalue weighted by Gasteiger charge is -2.17. The van der Waals surface area contributed by atoms with Crippen molar-refractivity contribution in [2.24, 2.45) is 5.92 Å². The van der Waals surface area contributed by atoms with Gasteiger partial charge in [-0.1, -0.05) is 0 Å². The van der Waals surface area contributed by atoms with E-state index in [-0.39, 0.29) is 30.1 Å². The van der Waals surface area contributed by atoms with Crippen molar-refractivity contribution in [3.05, 3.63) is 24.3 Å². The fourth-order valence-corrected chi connectivity index (χ4v) is 2.87. The number of carbonyl (C=O) groups is 3. The van der Waals surface area contributed by atoms with Crippen LogP contribution in [0.5, 0.6) is 0 Å². The van der Waals surface area contributed by atoms with E-state index in [1.165, 1.54) is 6.92 Å². The van der Waals surface area contributed by atoms with Crippen LogP contribution in [0.4, 0.5) is 5.69 Å². The van der Waals surface area contributed by atoms with Gasteiger partial charge in [-0.25, -0.2) is 0 Å². The van der Waals surface area contributed by atoms with Crippen LogP contribution < -0.4 is 15.5 Å². The second kappa shape index (κ2) is 8.01. The van der Waals surface area contributed by atoms with Gasteiger partial charge < -0.3 is 15.5 Å². The molecular weight excluding hydrogens is 314 g/mol. The summed E-state index contributed by atoms with van der Waals surface area (Å²) >= 11 is 1.64. The summed E-state index contributed by atoms with van der Waals surface area (Å²) in [6.07, 6.45) is 2.22. The van der Waals surface area contributed by atoms with Gasteiger partial charge in [0.1, 0.15) is 0 Å². The van der Waals surface area contributed by atoms with Crippen LogP contribution in [0, 0.1) is 5.92 Å². The molecule has 0 bridgehead atoms. The van der Waals surface area contributed by atoms with Crippen molar-refractivity contribution in [2.75, 3.05) is 30.8 Å². The number of hydrogen-bond donors (Lipinski definition) is 2. The number of nitrogens with zero attached hydrogens (tertiary/aromatic N) is 1. The van der Waals surface area contributed by atoms with Gasteiger partial charge in [-0.3, -0.25) is 14.4 Å². The Morgan fingerprint density at radius 2 is 1.87 bits per heavy atom. The number of benzene rings is 1. The topological polar surface area (TPSA) is 78.5 Å². The molecule has 1 aliphatic heterocycles. The van der Waals surface area contributed by atoms with Crippen LogP contribution in [0.25, 0.3) is 0 Å². The normalized spacial score (nSPS) is 17.2. The molecule has 0 radical (unpaired) electrons. The highest BCUT2D eigenvalue weighted by molar-refractivity contribution is 7.98. The van der Waals surface area contributed by atoms with Crippen LogP contribution in [0.2, 0.25) is 0 Å². The van der Waals surface area contributed by atoms with Gasteiger partial charge >= 0.3 is 0 Å². The second-order valence-electron chi connectivity index (χ2n) is 5.38. The Labute approximate surface area is 140 Å². The molecule has 124 valence electrons. The monoisotopic (exact) mass is 335 g/mol. The van der Waals surface area contributed by atoms with Crippen LogP contribution in [0.1, 0.15) is 13.3 Å². The molecule has 1 aromatic carbocycles. The van der Waals surface area contributed by atoms with E-state index in [9.17, 15) is 14.4 Å². The van der Waals surface area contributed by atoms with Gasteiger partial charge in [-0.05, 0) is 30.5 Å². The lowest BCUT2D eigenvalue weighted by molar-refractivity contribution is -0.126. The molecule has 1 atom stereocenters. The summed E-state index contributed by atoms with van der Waals surface area (Å²) in [5.41, 5.74) is 0.821. The molecule has 0 aromatic heterocycles. The van der Waals surface area contributed by atoms with Crippen LogP contribution in [-0.4, -0.2) is 43.6 Å². The van der Waals surface area contributed by atoms with Crippen LogP contribution >= 0.6 is 11.8 Å². The molecule has 0 saturated carbocycles. The molecule has 3 amide bonds. The van der Waals surface area contributed by atoms with Gasteiger partial charge in [0.2, 0.25) is 17.7 Å². The lowest BCUT2D eigenvalue weighted by atomic mass is 10.1. The van der Waals surface area contributed by atoms with E-state index in [0.717, 1.165) is 10.6 Å². The van der Waals surface area contributed by atoms with Crippen molar-refractivity contribution in [1.29, 1.82) is 0 Å². The van der Waals surface area contributed by atoms with E-state index >= 15 is 0 Å². The molecule has 7 heteroatoms. The number of anilines is 1. The molecule has 1 aromatic rings. The minimum Gasteiger partial charge on any atom is -0.355 e. The second-order valence-corrected chi connectivity index (χ2v) is 6.26. The first-order valence-corrected chi connectivity index (χ1v) is 8.70. The smallest absolute Gasteiger partial charge is 0.227 e. The molecule has 2 N–H and O–H groups in total. The lowest BCUT2D eigenvalue weighted by Crippen LogP contribution is -2.37. The predicted molar refractivity (Wildman–Crippen MR) is 90.4 cm³/mol. The van der Waals surface area contributed by atoms with Crippen molar-refractivity contribution >= 4 is 35.2 Å². The van der Waals surface area contributed by atoms with Gasteiger partial charge in [0, 0.05) is 43.6 Å². The molecule has 1 unspecified atom stereocenters. The Morgan fingerprint density at radius 3 is 2.48 bits per heavy atom. The highest BCUT2D eigenvalue weighted by atomic mass is 32.2. The molecule has 2 rings (SSSR count).